The molecule has 5 nitrogen and oxygen atoms in total. The smallest absolute Gasteiger partial charge is 0.266 e. The Hall–Kier alpha value is -3.20. The summed E-state index contributed by atoms with van der Waals surface area (Å²) in [6.07, 6.45) is 1.58. The molecule has 0 saturated heterocycles. The number of hydrogen-bond donors (Lipinski definition) is 1. The molecule has 0 aliphatic heterocycles. The topological polar surface area (TPSA) is 67.0 Å². The van der Waals surface area contributed by atoms with Crippen molar-refractivity contribution < 1.29 is 9.53 Å². The number of carbonyl (C=O) groups is 1. The Morgan fingerprint density at radius 2 is 1.87 bits per heavy atom. The molecule has 7 heteroatoms. The maximum Gasteiger partial charge on any atom is 0.266 e. The highest BCUT2D eigenvalue weighted by atomic mass is 35.5. The van der Waals surface area contributed by atoms with Gasteiger partial charge >= 0.3 is 0 Å². The standard InChI is InChI=1S/C24H21Cl2N3O2/c1-4-31-21-8-6-20(7-9-21)28-24(30)18(14-27)12-17-11-15(2)29(16(17)3)23-10-5-19(25)13-22(23)26/h5-13H,4H2,1-3H3,(H,28,30)/b18-12-. The molecule has 0 aliphatic carbocycles. The summed E-state index contributed by atoms with van der Waals surface area (Å²) in [5.41, 5.74) is 3.87. The van der Waals surface area contributed by atoms with Gasteiger partial charge in [-0.25, -0.2) is 0 Å². The van der Waals surface area contributed by atoms with Gasteiger partial charge in [0.2, 0.25) is 0 Å². The van der Waals surface area contributed by atoms with Crippen molar-refractivity contribution in [2.45, 2.75) is 20.8 Å². The number of anilines is 1. The van der Waals surface area contributed by atoms with Gasteiger partial charge in [-0.1, -0.05) is 23.2 Å². The molecule has 31 heavy (non-hydrogen) atoms. The number of carbonyl (C=O) groups excluding carboxylic acids is 1. The van der Waals surface area contributed by atoms with Gasteiger partial charge in [-0.3, -0.25) is 4.79 Å². The molecule has 0 unspecified atom stereocenters. The average Bonchev–Trinajstić information content (AvgIpc) is 3.01. The van der Waals surface area contributed by atoms with Crippen LogP contribution in [0.3, 0.4) is 0 Å². The highest BCUT2D eigenvalue weighted by Crippen LogP contribution is 2.29. The summed E-state index contributed by atoms with van der Waals surface area (Å²) in [5, 5.41) is 13.4. The van der Waals surface area contributed by atoms with Crippen LogP contribution in [0.2, 0.25) is 10.0 Å². The summed E-state index contributed by atoms with van der Waals surface area (Å²) in [6.45, 7) is 6.30. The molecule has 1 aromatic heterocycles. The molecule has 2 aromatic carbocycles. The highest BCUT2D eigenvalue weighted by molar-refractivity contribution is 6.35. The van der Waals surface area contributed by atoms with E-state index in [1.54, 1.807) is 42.5 Å². The molecule has 0 saturated carbocycles. The number of nitriles is 1. The van der Waals surface area contributed by atoms with Crippen LogP contribution in [0.1, 0.15) is 23.9 Å². The quantitative estimate of drug-likeness (QED) is 0.349. The van der Waals surface area contributed by atoms with Gasteiger partial charge in [0, 0.05) is 22.1 Å². The largest absolute Gasteiger partial charge is 0.494 e. The molecule has 0 fully saturated rings. The van der Waals surface area contributed by atoms with Crippen molar-refractivity contribution in [2.24, 2.45) is 0 Å². The van der Waals surface area contributed by atoms with Crippen molar-refractivity contribution in [1.29, 1.82) is 5.26 Å². The molecule has 0 spiro atoms. The van der Waals surface area contributed by atoms with Crippen LogP contribution in [0.25, 0.3) is 11.8 Å². The molecule has 0 atom stereocenters. The Labute approximate surface area is 191 Å². The van der Waals surface area contributed by atoms with Gasteiger partial charge in [-0.2, -0.15) is 5.26 Å². The number of halogens is 2. The number of nitrogens with one attached hydrogen (secondary N) is 1. The lowest BCUT2D eigenvalue weighted by Crippen LogP contribution is -2.13. The van der Waals surface area contributed by atoms with E-state index in [-0.39, 0.29) is 5.57 Å². The maximum atomic E-state index is 12.6. The second kappa shape index (κ2) is 9.74. The van der Waals surface area contributed by atoms with Crippen LogP contribution in [0, 0.1) is 25.2 Å². The van der Waals surface area contributed by atoms with Crippen LogP contribution >= 0.6 is 23.2 Å². The van der Waals surface area contributed by atoms with Crippen molar-refractivity contribution in [2.75, 3.05) is 11.9 Å². The van der Waals surface area contributed by atoms with Crippen LogP contribution in [0.4, 0.5) is 5.69 Å². The number of amides is 1. The molecule has 3 aromatic rings. The fourth-order valence-electron chi connectivity index (χ4n) is 3.27. The lowest BCUT2D eigenvalue weighted by molar-refractivity contribution is -0.112. The molecule has 0 radical (unpaired) electrons. The first-order valence-electron chi connectivity index (χ1n) is 9.64. The van der Waals surface area contributed by atoms with Crippen LogP contribution in [-0.2, 0) is 4.79 Å². The number of rotatable bonds is 6. The first-order valence-corrected chi connectivity index (χ1v) is 10.4. The van der Waals surface area contributed by atoms with Gasteiger partial charge in [0.05, 0.1) is 17.3 Å². The molecule has 0 bridgehead atoms. The normalized spacial score (nSPS) is 11.2. The fourth-order valence-corrected chi connectivity index (χ4v) is 3.76. The molecular formula is C24H21Cl2N3O2. The second-order valence-electron chi connectivity index (χ2n) is 6.84. The minimum absolute atomic E-state index is 0.00339. The van der Waals surface area contributed by atoms with Crippen LogP contribution in [-0.4, -0.2) is 17.1 Å². The van der Waals surface area contributed by atoms with Gasteiger partial charge in [0.25, 0.3) is 5.91 Å². The van der Waals surface area contributed by atoms with Crippen molar-refractivity contribution in [3.63, 3.8) is 0 Å². The number of benzene rings is 2. The number of aromatic nitrogens is 1. The summed E-state index contributed by atoms with van der Waals surface area (Å²) in [6, 6.07) is 16.2. The first-order chi connectivity index (χ1) is 14.8. The van der Waals surface area contributed by atoms with Crippen molar-refractivity contribution >= 4 is 40.9 Å². The number of hydrogen-bond acceptors (Lipinski definition) is 3. The SMILES string of the molecule is CCOc1ccc(NC(=O)/C(C#N)=C\c2cc(C)n(-c3ccc(Cl)cc3Cl)c2C)cc1. The third-order valence-corrected chi connectivity index (χ3v) is 5.25. The minimum Gasteiger partial charge on any atom is -0.494 e. The number of aryl methyl sites for hydroxylation is 1. The van der Waals surface area contributed by atoms with E-state index in [1.165, 1.54) is 0 Å². The second-order valence-corrected chi connectivity index (χ2v) is 7.68. The highest BCUT2D eigenvalue weighted by Gasteiger charge is 2.15. The lowest BCUT2D eigenvalue weighted by Gasteiger charge is -2.12. The summed E-state index contributed by atoms with van der Waals surface area (Å²) in [4.78, 5) is 12.6. The van der Waals surface area contributed by atoms with Crippen molar-refractivity contribution in [3.8, 4) is 17.5 Å². The molecule has 1 N–H and O–H groups in total. The van der Waals surface area contributed by atoms with Crippen LogP contribution in [0.5, 0.6) is 5.75 Å². The maximum absolute atomic E-state index is 12.6. The Morgan fingerprint density at radius 1 is 1.16 bits per heavy atom. The molecule has 158 valence electrons. The molecule has 1 amide bonds. The van der Waals surface area contributed by atoms with Crippen molar-refractivity contribution in [1.82, 2.24) is 4.57 Å². The number of ether oxygens (including phenoxy) is 1. The van der Waals surface area contributed by atoms with Gasteiger partial charge in [0.15, 0.2) is 0 Å². The zero-order valence-electron chi connectivity index (χ0n) is 17.4. The predicted molar refractivity (Wildman–Crippen MR) is 125 cm³/mol. The Morgan fingerprint density at radius 3 is 2.48 bits per heavy atom. The molecular weight excluding hydrogens is 433 g/mol. The van der Waals surface area contributed by atoms with E-state index in [0.717, 1.165) is 22.6 Å². The number of nitrogens with zero attached hydrogens (tertiary/aromatic N) is 2. The van der Waals surface area contributed by atoms with E-state index in [9.17, 15) is 10.1 Å². The van der Waals surface area contributed by atoms with Crippen molar-refractivity contribution in [3.05, 3.63) is 81.1 Å². The molecule has 3 rings (SSSR count). The zero-order valence-corrected chi connectivity index (χ0v) is 18.9. The summed E-state index contributed by atoms with van der Waals surface area (Å²) >= 11 is 12.4. The van der Waals surface area contributed by atoms with Gasteiger partial charge in [-0.15, -0.1) is 0 Å². The van der Waals surface area contributed by atoms with E-state index in [4.69, 9.17) is 27.9 Å². The lowest BCUT2D eigenvalue weighted by atomic mass is 10.1. The third kappa shape index (κ3) is 5.11. The van der Waals surface area contributed by atoms with Crippen LogP contribution in [0.15, 0.2) is 54.1 Å². The van der Waals surface area contributed by atoms with E-state index in [1.807, 2.05) is 43.5 Å². The summed E-state index contributed by atoms with van der Waals surface area (Å²) < 4.78 is 7.36. The Balaban J connectivity index is 1.88. The van der Waals surface area contributed by atoms with E-state index >= 15 is 0 Å². The Bertz CT molecular complexity index is 1190. The Kier molecular flexibility index (Phi) is 7.06. The minimum atomic E-state index is -0.485. The predicted octanol–water partition coefficient (Wildman–Crippen LogP) is 6.35. The van der Waals surface area contributed by atoms with Gasteiger partial charge < -0.3 is 14.6 Å². The third-order valence-electron chi connectivity index (χ3n) is 4.71. The van der Waals surface area contributed by atoms with Crippen LogP contribution < -0.4 is 10.1 Å². The summed E-state index contributed by atoms with van der Waals surface area (Å²) in [5.74, 6) is 0.228. The van der Waals surface area contributed by atoms with E-state index in [0.29, 0.717) is 28.1 Å². The monoisotopic (exact) mass is 453 g/mol. The zero-order chi connectivity index (χ0) is 22.5. The van der Waals surface area contributed by atoms with Gasteiger partial charge in [-0.05, 0) is 80.9 Å². The molecule has 1 heterocycles. The first kappa shape index (κ1) is 22.5. The summed E-state index contributed by atoms with van der Waals surface area (Å²) in [7, 11) is 0. The van der Waals surface area contributed by atoms with E-state index in [2.05, 4.69) is 5.32 Å². The van der Waals surface area contributed by atoms with Gasteiger partial charge in [0.1, 0.15) is 17.4 Å². The molecule has 0 aliphatic rings. The average molecular weight is 454 g/mol. The van der Waals surface area contributed by atoms with E-state index < -0.39 is 5.91 Å². The fraction of sp³-hybridized carbons (Fsp3) is 0.167.